The van der Waals surface area contributed by atoms with Crippen molar-refractivity contribution >= 4 is 23.2 Å². The maximum atomic E-state index is 12.6. The molecule has 7 heteroatoms. The minimum Gasteiger partial charge on any atom is -0.591 e. The number of carbonyl (C=O) groups is 1. The summed E-state index contributed by atoms with van der Waals surface area (Å²) in [5.74, 6) is 0.728. The highest BCUT2D eigenvalue weighted by Gasteiger charge is 2.50. The molecule has 1 fully saturated rings. The molecule has 1 amide bonds. The minimum absolute atomic E-state index is 0.379. The molecule has 2 aliphatic rings. The van der Waals surface area contributed by atoms with Crippen LogP contribution in [0.15, 0.2) is 28.7 Å². The molecule has 0 aliphatic carbocycles. The van der Waals surface area contributed by atoms with Crippen molar-refractivity contribution in [1.29, 1.82) is 0 Å². The van der Waals surface area contributed by atoms with Crippen LogP contribution in [-0.4, -0.2) is 49.8 Å². The Hall–Kier alpha value is -1.73. The molecule has 2 aliphatic heterocycles. The predicted octanol–water partition coefficient (Wildman–Crippen LogP) is 2.84. The van der Waals surface area contributed by atoms with Crippen LogP contribution in [0, 0.1) is 0 Å². The lowest BCUT2D eigenvalue weighted by Crippen LogP contribution is -2.52. The molecular weight excluding hydrogens is 328 g/mol. The highest BCUT2D eigenvalue weighted by Crippen LogP contribution is 2.42. The van der Waals surface area contributed by atoms with Crippen molar-refractivity contribution in [2.75, 3.05) is 13.1 Å². The fourth-order valence-electron chi connectivity index (χ4n) is 3.01. The fourth-order valence-corrected chi connectivity index (χ4v) is 3.71. The van der Waals surface area contributed by atoms with Crippen LogP contribution < -0.4 is 4.74 Å². The highest BCUT2D eigenvalue weighted by molar-refractivity contribution is 7.91. The second kappa shape index (κ2) is 5.97. The van der Waals surface area contributed by atoms with Crippen LogP contribution in [0.4, 0.5) is 4.79 Å². The Morgan fingerprint density at radius 3 is 2.54 bits per heavy atom. The van der Waals surface area contributed by atoms with Gasteiger partial charge in [-0.05, 0) is 32.9 Å². The summed E-state index contributed by atoms with van der Waals surface area (Å²) in [5.41, 5.74) is 0.867. The number of carboxylic acid groups (broad SMARTS) is 1. The number of hydrogen-bond acceptors (Lipinski definition) is 4. The summed E-state index contributed by atoms with van der Waals surface area (Å²) in [6.45, 7) is 6.41. The number of ether oxygens (including phenoxy) is 1. The van der Waals surface area contributed by atoms with Gasteiger partial charge in [0.25, 0.3) is 0 Å². The molecular formula is C17H22N2O4S. The number of piperidine rings is 1. The van der Waals surface area contributed by atoms with E-state index in [1.54, 1.807) is 0 Å². The van der Waals surface area contributed by atoms with Crippen LogP contribution >= 0.6 is 0 Å². The number of fused-ring (bicyclic) bond motifs is 1. The molecule has 0 radical (unpaired) electrons. The Morgan fingerprint density at radius 2 is 1.96 bits per heavy atom. The maximum Gasteiger partial charge on any atom is 0.407 e. The summed E-state index contributed by atoms with van der Waals surface area (Å²) in [6, 6.07) is 7.60. The van der Waals surface area contributed by atoms with E-state index in [2.05, 4.69) is 4.40 Å². The third kappa shape index (κ3) is 2.98. The molecule has 1 N–H and O–H groups in total. The number of likely N-dealkylation sites (tertiary alicyclic amines) is 1. The maximum absolute atomic E-state index is 12.6. The van der Waals surface area contributed by atoms with Gasteiger partial charge < -0.3 is 19.3 Å². The molecule has 6 nitrogen and oxygen atoms in total. The number of para-hydroxylation sites is 1. The van der Waals surface area contributed by atoms with Gasteiger partial charge in [0, 0.05) is 31.5 Å². The van der Waals surface area contributed by atoms with Crippen LogP contribution in [0.2, 0.25) is 0 Å². The van der Waals surface area contributed by atoms with E-state index in [-0.39, 0.29) is 0 Å². The number of nitrogens with zero attached hydrogens (tertiary/aromatic N) is 2. The zero-order chi connectivity index (χ0) is 17.5. The summed E-state index contributed by atoms with van der Waals surface area (Å²) < 4.78 is 22.9. The fraction of sp³-hybridized carbons (Fsp3) is 0.529. The highest BCUT2D eigenvalue weighted by atomic mass is 32.2. The number of hydrogen-bond donors (Lipinski definition) is 1. The lowest BCUT2D eigenvalue weighted by Gasteiger charge is -2.37. The minimum atomic E-state index is -1.40. The zero-order valence-electron chi connectivity index (χ0n) is 14.1. The molecule has 1 aromatic rings. The van der Waals surface area contributed by atoms with Crippen molar-refractivity contribution in [3.63, 3.8) is 0 Å². The molecule has 130 valence electrons. The van der Waals surface area contributed by atoms with Crippen LogP contribution in [0.3, 0.4) is 0 Å². The van der Waals surface area contributed by atoms with Gasteiger partial charge in [-0.1, -0.05) is 16.5 Å². The first-order valence-corrected chi connectivity index (χ1v) is 9.11. The summed E-state index contributed by atoms with van der Waals surface area (Å²) >= 11 is -1.40. The Kier molecular flexibility index (Phi) is 4.25. The Balaban J connectivity index is 1.98. The molecule has 1 aromatic carbocycles. The number of benzene rings is 1. The van der Waals surface area contributed by atoms with Gasteiger partial charge in [-0.3, -0.25) is 0 Å². The lowest BCUT2D eigenvalue weighted by atomic mass is 9.85. The predicted molar refractivity (Wildman–Crippen MR) is 93.1 cm³/mol. The first-order valence-electron chi connectivity index (χ1n) is 8.00. The molecule has 0 saturated carbocycles. The van der Waals surface area contributed by atoms with Crippen LogP contribution in [0.25, 0.3) is 0 Å². The van der Waals surface area contributed by atoms with E-state index in [1.807, 2.05) is 45.0 Å². The second-order valence-corrected chi connectivity index (χ2v) is 9.07. The smallest absolute Gasteiger partial charge is 0.407 e. The van der Waals surface area contributed by atoms with Crippen molar-refractivity contribution in [2.24, 2.45) is 4.40 Å². The van der Waals surface area contributed by atoms with Crippen molar-refractivity contribution in [2.45, 2.75) is 44.0 Å². The SMILES string of the molecule is CC(C)(C)[S@@+]([O-])/N=C1/c2ccccc2OC12CCN(C(=O)O)CC2. The summed E-state index contributed by atoms with van der Waals surface area (Å²) in [5, 5.41) is 9.17. The first-order chi connectivity index (χ1) is 11.2. The topological polar surface area (TPSA) is 85.2 Å². The average Bonchev–Trinajstić information content (AvgIpc) is 2.80. The molecule has 0 unspecified atom stereocenters. The Labute approximate surface area is 144 Å². The van der Waals surface area contributed by atoms with E-state index in [4.69, 9.17) is 9.84 Å². The van der Waals surface area contributed by atoms with Gasteiger partial charge in [0.1, 0.15) is 27.6 Å². The summed E-state index contributed by atoms with van der Waals surface area (Å²) in [7, 11) is 0. The molecule has 1 atom stereocenters. The van der Waals surface area contributed by atoms with Crippen molar-refractivity contribution in [3.05, 3.63) is 29.8 Å². The van der Waals surface area contributed by atoms with Gasteiger partial charge in [-0.2, -0.15) is 0 Å². The van der Waals surface area contributed by atoms with E-state index >= 15 is 0 Å². The van der Waals surface area contributed by atoms with E-state index in [0.29, 0.717) is 31.6 Å². The number of rotatable bonds is 1. The third-order valence-electron chi connectivity index (χ3n) is 4.42. The van der Waals surface area contributed by atoms with Gasteiger partial charge in [0.05, 0.1) is 0 Å². The lowest BCUT2D eigenvalue weighted by molar-refractivity contribution is 0.0628. The van der Waals surface area contributed by atoms with E-state index in [1.165, 1.54) is 4.90 Å². The van der Waals surface area contributed by atoms with Gasteiger partial charge in [0.2, 0.25) is 0 Å². The van der Waals surface area contributed by atoms with Gasteiger partial charge >= 0.3 is 6.09 Å². The number of amides is 1. The van der Waals surface area contributed by atoms with Gasteiger partial charge in [-0.15, -0.1) is 0 Å². The van der Waals surface area contributed by atoms with Gasteiger partial charge in [0.15, 0.2) is 5.60 Å². The summed E-state index contributed by atoms with van der Waals surface area (Å²) in [4.78, 5) is 12.6. The molecule has 0 aromatic heterocycles. The Morgan fingerprint density at radius 1 is 1.33 bits per heavy atom. The van der Waals surface area contributed by atoms with Crippen molar-refractivity contribution in [1.82, 2.24) is 4.90 Å². The summed E-state index contributed by atoms with van der Waals surface area (Å²) in [6.07, 6.45) is 0.0968. The van der Waals surface area contributed by atoms with Crippen LogP contribution in [0.1, 0.15) is 39.2 Å². The van der Waals surface area contributed by atoms with Crippen molar-refractivity contribution in [3.8, 4) is 5.75 Å². The third-order valence-corrected chi connectivity index (χ3v) is 5.81. The first kappa shape index (κ1) is 17.1. The standard InChI is InChI=1S/C17H22N2O4S/c1-16(2,3)24(22)18-14-12-6-4-5-7-13(12)23-17(14)8-10-19(11-9-17)15(20)21/h4-7H,8-11H2,1-3H3,(H,20,21)/b18-14-/t24-/m1/s1. The molecule has 1 saturated heterocycles. The van der Waals surface area contributed by atoms with E-state index in [0.717, 1.165) is 11.3 Å². The zero-order valence-corrected chi connectivity index (χ0v) is 14.9. The van der Waals surface area contributed by atoms with Gasteiger partial charge in [-0.25, -0.2) is 4.79 Å². The Bertz CT molecular complexity index is 675. The molecule has 2 heterocycles. The molecule has 24 heavy (non-hydrogen) atoms. The quantitative estimate of drug-likeness (QED) is 0.789. The van der Waals surface area contributed by atoms with Crippen LogP contribution in [0.5, 0.6) is 5.75 Å². The molecule has 1 spiro atoms. The molecule has 3 rings (SSSR count). The normalized spacial score (nSPS) is 22.3. The molecule has 0 bridgehead atoms. The second-order valence-electron chi connectivity index (χ2n) is 7.16. The van der Waals surface area contributed by atoms with E-state index in [9.17, 15) is 9.35 Å². The largest absolute Gasteiger partial charge is 0.591 e. The van der Waals surface area contributed by atoms with Crippen molar-refractivity contribution < 1.29 is 19.2 Å². The monoisotopic (exact) mass is 350 g/mol. The van der Waals surface area contributed by atoms with Crippen LogP contribution in [-0.2, 0) is 11.4 Å². The van der Waals surface area contributed by atoms with E-state index < -0.39 is 27.8 Å². The average molecular weight is 350 g/mol.